The number of aryl methyl sites for hydroxylation is 1. The molecule has 0 aliphatic carbocycles. The molecule has 120 valence electrons. The van der Waals surface area contributed by atoms with E-state index in [0.717, 1.165) is 12.8 Å². The highest BCUT2D eigenvalue weighted by atomic mass is 16.6. The van der Waals surface area contributed by atoms with Crippen LogP contribution in [-0.2, 0) is 11.2 Å². The Morgan fingerprint density at radius 2 is 1.96 bits per heavy atom. The summed E-state index contributed by atoms with van der Waals surface area (Å²) in [5.41, 5.74) is 1.65. The van der Waals surface area contributed by atoms with Gasteiger partial charge >= 0.3 is 5.97 Å². The Morgan fingerprint density at radius 1 is 1.22 bits per heavy atom. The maximum absolute atomic E-state index is 11.5. The fourth-order valence-electron chi connectivity index (χ4n) is 2.24. The van der Waals surface area contributed by atoms with Crippen LogP contribution in [0.25, 0.3) is 0 Å². The van der Waals surface area contributed by atoms with Gasteiger partial charge in [-0.3, -0.25) is 10.1 Å². The molecule has 6 heteroatoms. The Balaban J connectivity index is 1.99. The van der Waals surface area contributed by atoms with E-state index in [0.29, 0.717) is 12.2 Å². The van der Waals surface area contributed by atoms with Gasteiger partial charge in [0.2, 0.25) is 0 Å². The standard InChI is InChI=1S/C17H18N2O4/c1-23-17(20)14-9-10-15(16(12-14)19(21)22)18-11-5-8-13-6-3-2-4-7-13/h2-4,6-7,9-10,12,18H,5,8,11H2,1H3. The van der Waals surface area contributed by atoms with Gasteiger partial charge < -0.3 is 10.1 Å². The van der Waals surface area contributed by atoms with E-state index in [2.05, 4.69) is 10.1 Å². The molecule has 0 aliphatic rings. The first kappa shape index (κ1) is 16.5. The van der Waals surface area contributed by atoms with Crippen LogP contribution in [0.3, 0.4) is 0 Å². The third-order valence-electron chi connectivity index (χ3n) is 3.42. The Morgan fingerprint density at radius 3 is 2.61 bits per heavy atom. The number of ether oxygens (including phenoxy) is 1. The van der Waals surface area contributed by atoms with Crippen LogP contribution in [0.2, 0.25) is 0 Å². The zero-order valence-electron chi connectivity index (χ0n) is 12.8. The van der Waals surface area contributed by atoms with Gasteiger partial charge in [0.15, 0.2) is 0 Å². The van der Waals surface area contributed by atoms with E-state index in [4.69, 9.17) is 0 Å². The number of nitrogens with one attached hydrogen (secondary N) is 1. The number of hydrogen-bond acceptors (Lipinski definition) is 5. The van der Waals surface area contributed by atoms with Crippen LogP contribution < -0.4 is 5.32 Å². The highest BCUT2D eigenvalue weighted by Crippen LogP contribution is 2.26. The van der Waals surface area contributed by atoms with Crippen molar-refractivity contribution in [2.45, 2.75) is 12.8 Å². The minimum atomic E-state index is -0.594. The molecule has 0 aromatic heterocycles. The quantitative estimate of drug-likeness (QED) is 0.366. The Bertz CT molecular complexity index is 686. The lowest BCUT2D eigenvalue weighted by atomic mass is 10.1. The first-order valence-electron chi connectivity index (χ1n) is 7.26. The summed E-state index contributed by atoms with van der Waals surface area (Å²) in [6, 6.07) is 14.3. The van der Waals surface area contributed by atoms with Crippen LogP contribution in [0.4, 0.5) is 11.4 Å². The molecule has 2 aromatic rings. The normalized spacial score (nSPS) is 10.1. The maximum atomic E-state index is 11.5. The lowest BCUT2D eigenvalue weighted by molar-refractivity contribution is -0.384. The molecule has 0 fully saturated rings. The van der Waals surface area contributed by atoms with Gasteiger partial charge in [-0.2, -0.15) is 0 Å². The Hall–Kier alpha value is -2.89. The molecule has 2 rings (SSSR count). The number of benzene rings is 2. The van der Waals surface area contributed by atoms with Crippen molar-refractivity contribution in [3.63, 3.8) is 0 Å². The topological polar surface area (TPSA) is 81.5 Å². The van der Waals surface area contributed by atoms with E-state index in [1.165, 1.54) is 30.9 Å². The van der Waals surface area contributed by atoms with Crippen molar-refractivity contribution < 1.29 is 14.5 Å². The molecule has 0 amide bonds. The molecule has 23 heavy (non-hydrogen) atoms. The van der Waals surface area contributed by atoms with Gasteiger partial charge in [0, 0.05) is 12.6 Å². The number of nitro benzene ring substituents is 1. The van der Waals surface area contributed by atoms with Crippen molar-refractivity contribution in [3.8, 4) is 0 Å². The highest BCUT2D eigenvalue weighted by Gasteiger charge is 2.17. The summed E-state index contributed by atoms with van der Waals surface area (Å²) in [5, 5.41) is 14.2. The number of carbonyl (C=O) groups excluding carboxylic acids is 1. The molecule has 0 atom stereocenters. The fourth-order valence-corrected chi connectivity index (χ4v) is 2.24. The summed E-state index contributed by atoms with van der Waals surface area (Å²) in [4.78, 5) is 22.1. The van der Waals surface area contributed by atoms with Crippen LogP contribution in [0, 0.1) is 10.1 Å². The third kappa shape index (κ3) is 4.54. The molecule has 1 N–H and O–H groups in total. The Labute approximate surface area is 134 Å². The minimum absolute atomic E-state index is 0.132. The lowest BCUT2D eigenvalue weighted by Gasteiger charge is -2.08. The lowest BCUT2D eigenvalue weighted by Crippen LogP contribution is -2.07. The number of esters is 1. The van der Waals surface area contributed by atoms with Crippen molar-refractivity contribution in [3.05, 3.63) is 69.8 Å². The summed E-state index contributed by atoms with van der Waals surface area (Å²) in [6.45, 7) is 0.604. The maximum Gasteiger partial charge on any atom is 0.338 e. The van der Waals surface area contributed by atoms with Crippen molar-refractivity contribution >= 4 is 17.3 Å². The number of rotatable bonds is 7. The highest BCUT2D eigenvalue weighted by molar-refractivity contribution is 5.91. The van der Waals surface area contributed by atoms with Crippen LogP contribution >= 0.6 is 0 Å². The minimum Gasteiger partial charge on any atom is -0.465 e. The van der Waals surface area contributed by atoms with E-state index in [1.807, 2.05) is 30.3 Å². The van der Waals surface area contributed by atoms with Gasteiger partial charge in [-0.15, -0.1) is 0 Å². The number of methoxy groups -OCH3 is 1. The second kappa shape index (κ2) is 7.93. The van der Waals surface area contributed by atoms with E-state index < -0.39 is 10.9 Å². The molecule has 0 heterocycles. The van der Waals surface area contributed by atoms with E-state index >= 15 is 0 Å². The molecule has 6 nitrogen and oxygen atoms in total. The molecular formula is C17H18N2O4. The van der Waals surface area contributed by atoms with E-state index in [1.54, 1.807) is 0 Å². The average molecular weight is 314 g/mol. The first-order chi connectivity index (χ1) is 11.1. The first-order valence-corrected chi connectivity index (χ1v) is 7.26. The van der Waals surface area contributed by atoms with Gasteiger partial charge in [-0.05, 0) is 30.5 Å². The number of anilines is 1. The molecule has 0 saturated carbocycles. The van der Waals surface area contributed by atoms with Crippen molar-refractivity contribution in [1.29, 1.82) is 0 Å². The molecule has 2 aromatic carbocycles. The SMILES string of the molecule is COC(=O)c1ccc(NCCCc2ccccc2)c([N+](=O)[O-])c1. The summed E-state index contributed by atoms with van der Waals surface area (Å²) < 4.78 is 4.58. The number of nitrogens with zero attached hydrogens (tertiary/aromatic N) is 1. The third-order valence-corrected chi connectivity index (χ3v) is 3.42. The van der Waals surface area contributed by atoms with Gasteiger partial charge in [0.1, 0.15) is 5.69 Å². The molecule has 0 radical (unpaired) electrons. The molecule has 0 saturated heterocycles. The number of hydrogen-bond donors (Lipinski definition) is 1. The van der Waals surface area contributed by atoms with E-state index in [9.17, 15) is 14.9 Å². The van der Waals surface area contributed by atoms with Crippen LogP contribution in [0.1, 0.15) is 22.3 Å². The molecular weight excluding hydrogens is 296 g/mol. The molecule has 0 bridgehead atoms. The van der Waals surface area contributed by atoms with Crippen LogP contribution in [0.5, 0.6) is 0 Å². The van der Waals surface area contributed by atoms with Gasteiger partial charge in [-0.25, -0.2) is 4.79 Å². The molecule has 0 spiro atoms. The van der Waals surface area contributed by atoms with Gasteiger partial charge in [0.25, 0.3) is 5.69 Å². The van der Waals surface area contributed by atoms with Gasteiger partial charge in [0.05, 0.1) is 17.6 Å². The number of carbonyl (C=O) groups is 1. The van der Waals surface area contributed by atoms with Crippen LogP contribution in [0.15, 0.2) is 48.5 Å². The summed E-state index contributed by atoms with van der Waals surface area (Å²) in [7, 11) is 1.24. The summed E-state index contributed by atoms with van der Waals surface area (Å²) in [5.74, 6) is -0.594. The second-order valence-electron chi connectivity index (χ2n) is 5.00. The predicted octanol–water partition coefficient (Wildman–Crippen LogP) is 3.43. The molecule has 0 unspecified atom stereocenters. The van der Waals surface area contributed by atoms with Crippen molar-refractivity contribution in [1.82, 2.24) is 0 Å². The number of nitro groups is 1. The zero-order valence-corrected chi connectivity index (χ0v) is 12.8. The van der Waals surface area contributed by atoms with Gasteiger partial charge in [-0.1, -0.05) is 30.3 Å². The predicted molar refractivity (Wildman–Crippen MR) is 87.7 cm³/mol. The van der Waals surface area contributed by atoms with E-state index in [-0.39, 0.29) is 11.3 Å². The smallest absolute Gasteiger partial charge is 0.338 e. The summed E-state index contributed by atoms with van der Waals surface area (Å²) in [6.07, 6.45) is 1.74. The second-order valence-corrected chi connectivity index (χ2v) is 5.00. The van der Waals surface area contributed by atoms with Crippen molar-refractivity contribution in [2.75, 3.05) is 19.0 Å². The largest absolute Gasteiger partial charge is 0.465 e. The average Bonchev–Trinajstić information content (AvgIpc) is 2.58. The fraction of sp³-hybridized carbons (Fsp3) is 0.235. The monoisotopic (exact) mass is 314 g/mol. The Kier molecular flexibility index (Phi) is 5.68. The zero-order chi connectivity index (χ0) is 16.7. The molecule has 0 aliphatic heterocycles. The summed E-state index contributed by atoms with van der Waals surface area (Å²) >= 11 is 0. The van der Waals surface area contributed by atoms with Crippen molar-refractivity contribution in [2.24, 2.45) is 0 Å². The van der Waals surface area contributed by atoms with Crippen LogP contribution in [-0.4, -0.2) is 24.5 Å².